The predicted octanol–water partition coefficient (Wildman–Crippen LogP) is 17.1. The number of benzene rings is 3. The maximum atomic E-state index is 7.39. The highest BCUT2D eigenvalue weighted by atomic mass is 31.2. The van der Waals surface area contributed by atoms with Crippen LogP contribution in [0.3, 0.4) is 0 Å². The van der Waals surface area contributed by atoms with Gasteiger partial charge in [-0.2, -0.15) is 0 Å². The Morgan fingerprint density at radius 2 is 0.414 bits per heavy atom. The van der Waals surface area contributed by atoms with Crippen LogP contribution < -0.4 is 13.6 Å². The first kappa shape index (κ1) is 49.8. The fourth-order valence-electron chi connectivity index (χ4n) is 8.72. The van der Waals surface area contributed by atoms with Gasteiger partial charge in [0, 0.05) is 16.7 Å². The van der Waals surface area contributed by atoms with E-state index >= 15 is 0 Å². The van der Waals surface area contributed by atoms with E-state index in [0.717, 1.165) is 17.2 Å². The Kier molecular flexibility index (Phi) is 13.5. The predicted molar refractivity (Wildman–Crippen MR) is 256 cm³/mol. The summed E-state index contributed by atoms with van der Waals surface area (Å²) in [6, 6.07) is 13.4. The average Bonchev–Trinajstić information content (AvgIpc) is 2.95. The molecule has 0 aromatic heterocycles. The molecule has 3 aromatic rings. The smallest absolute Gasteiger partial charge is 0.408 e. The molecule has 0 spiro atoms. The summed E-state index contributed by atoms with van der Waals surface area (Å²) in [6.45, 7) is 62.5. The standard InChI is InChI=1S/C54H87O3P/c1-46(2,3)34-28-31-37(43(52(19,20)21)40(34)49(10,11)12)55-58(56-38-32-29-35(47(4,5)6)41(50(13,14)15)44(38)53(22,23)24)57-39-33-30-36(48(7,8)9)42(51(16,17)18)45(39)54(25,26)27/h28-33H,1-27H3. The molecule has 4 heteroatoms. The summed E-state index contributed by atoms with van der Waals surface area (Å²) in [4.78, 5) is 0. The molecule has 0 amide bonds. The molecule has 58 heavy (non-hydrogen) atoms. The maximum Gasteiger partial charge on any atom is 0.530 e. The molecule has 0 atom stereocenters. The molecule has 3 nitrogen and oxygen atoms in total. The molecule has 0 saturated heterocycles. The van der Waals surface area contributed by atoms with E-state index in [1.165, 1.54) is 50.1 Å². The number of hydrogen-bond donors (Lipinski definition) is 0. The van der Waals surface area contributed by atoms with Crippen molar-refractivity contribution in [3.63, 3.8) is 0 Å². The zero-order valence-corrected chi connectivity index (χ0v) is 43.5. The SMILES string of the molecule is CC(C)(C)c1ccc(OP(Oc2ccc(C(C)(C)C)c(C(C)(C)C)c2C(C)(C)C)Oc2ccc(C(C)(C)C)c(C(C)(C)C)c2C(C)(C)C)c(C(C)(C)C)c1C(C)(C)C. The van der Waals surface area contributed by atoms with Crippen molar-refractivity contribution < 1.29 is 13.6 Å². The second kappa shape index (κ2) is 15.8. The zero-order chi connectivity index (χ0) is 45.4. The van der Waals surface area contributed by atoms with E-state index in [0.29, 0.717) is 0 Å². The van der Waals surface area contributed by atoms with Gasteiger partial charge in [0.15, 0.2) is 0 Å². The first-order valence-electron chi connectivity index (χ1n) is 21.9. The highest BCUT2D eigenvalue weighted by Gasteiger charge is 2.40. The van der Waals surface area contributed by atoms with Gasteiger partial charge in [-0.05, 0) is 100 Å². The third-order valence-corrected chi connectivity index (χ3v) is 12.0. The summed E-state index contributed by atoms with van der Waals surface area (Å²) < 4.78 is 22.2. The van der Waals surface area contributed by atoms with Crippen molar-refractivity contribution in [2.45, 2.75) is 236 Å². The molecule has 0 radical (unpaired) electrons. The van der Waals surface area contributed by atoms with Crippen LogP contribution in [0.25, 0.3) is 0 Å². The first-order valence-corrected chi connectivity index (χ1v) is 23.0. The Bertz CT molecular complexity index is 1700. The molecule has 0 heterocycles. The zero-order valence-electron chi connectivity index (χ0n) is 42.6. The molecule has 0 fully saturated rings. The van der Waals surface area contributed by atoms with Gasteiger partial charge in [0.25, 0.3) is 0 Å². The maximum absolute atomic E-state index is 7.39. The molecule has 0 aliphatic rings. The number of rotatable bonds is 6. The lowest BCUT2D eigenvalue weighted by Crippen LogP contribution is -2.29. The Labute approximate surface area is 360 Å². The van der Waals surface area contributed by atoms with Crippen LogP contribution in [0.4, 0.5) is 0 Å². The highest BCUT2D eigenvalue weighted by Crippen LogP contribution is 2.55. The van der Waals surface area contributed by atoms with E-state index in [9.17, 15) is 0 Å². The second-order valence-electron chi connectivity index (χ2n) is 26.3. The Hall–Kier alpha value is -2.51. The molecule has 3 rings (SSSR count). The van der Waals surface area contributed by atoms with Gasteiger partial charge in [-0.3, -0.25) is 0 Å². The van der Waals surface area contributed by atoms with Crippen LogP contribution in [0.1, 0.15) is 237 Å². The summed E-state index contributed by atoms with van der Waals surface area (Å²) in [5, 5.41) is 0. The Balaban J connectivity index is 2.59. The molecule has 0 aliphatic heterocycles. The van der Waals surface area contributed by atoms with Gasteiger partial charge in [-0.15, -0.1) is 0 Å². The lowest BCUT2D eigenvalue weighted by Gasteiger charge is -2.39. The van der Waals surface area contributed by atoms with Gasteiger partial charge in [0.2, 0.25) is 0 Å². The summed E-state index contributed by atoms with van der Waals surface area (Å²) in [7, 11) is -2.04. The normalized spacial score (nSPS) is 14.3. The van der Waals surface area contributed by atoms with Crippen molar-refractivity contribution in [1.82, 2.24) is 0 Å². The van der Waals surface area contributed by atoms with E-state index in [1.807, 2.05) is 0 Å². The van der Waals surface area contributed by atoms with Crippen molar-refractivity contribution in [2.24, 2.45) is 0 Å². The largest absolute Gasteiger partial charge is 0.530 e. The van der Waals surface area contributed by atoms with Crippen LogP contribution in [0, 0.1) is 0 Å². The van der Waals surface area contributed by atoms with Gasteiger partial charge in [-0.25, -0.2) is 0 Å². The van der Waals surface area contributed by atoms with E-state index in [2.05, 4.69) is 223 Å². The van der Waals surface area contributed by atoms with E-state index in [-0.39, 0.29) is 48.7 Å². The van der Waals surface area contributed by atoms with Gasteiger partial charge in [0.1, 0.15) is 17.2 Å². The summed E-state index contributed by atoms with van der Waals surface area (Å²) in [5.74, 6) is 2.45. The van der Waals surface area contributed by atoms with Crippen LogP contribution in [-0.4, -0.2) is 0 Å². The van der Waals surface area contributed by atoms with E-state index < -0.39 is 8.60 Å². The van der Waals surface area contributed by atoms with Crippen LogP contribution in [0.15, 0.2) is 36.4 Å². The van der Waals surface area contributed by atoms with Crippen molar-refractivity contribution in [1.29, 1.82) is 0 Å². The Morgan fingerprint density at radius 1 is 0.241 bits per heavy atom. The molecule has 0 bridgehead atoms. The fourth-order valence-corrected chi connectivity index (χ4v) is 9.77. The molecule has 0 saturated carbocycles. The van der Waals surface area contributed by atoms with Crippen molar-refractivity contribution >= 4 is 8.60 Å². The van der Waals surface area contributed by atoms with Crippen LogP contribution in [-0.2, 0) is 48.7 Å². The van der Waals surface area contributed by atoms with Gasteiger partial charge < -0.3 is 13.6 Å². The first-order chi connectivity index (χ1) is 25.5. The lowest BCUT2D eigenvalue weighted by atomic mass is 9.68. The minimum Gasteiger partial charge on any atom is -0.408 e. The summed E-state index contributed by atoms with van der Waals surface area (Å²) in [6.07, 6.45) is 0. The van der Waals surface area contributed by atoms with Crippen LogP contribution >= 0.6 is 8.60 Å². The second-order valence-corrected chi connectivity index (χ2v) is 27.3. The van der Waals surface area contributed by atoms with Crippen molar-refractivity contribution in [3.8, 4) is 17.2 Å². The van der Waals surface area contributed by atoms with E-state index in [4.69, 9.17) is 13.6 Å². The molecular weight excluding hydrogens is 728 g/mol. The van der Waals surface area contributed by atoms with E-state index in [1.54, 1.807) is 0 Å². The molecule has 3 aromatic carbocycles. The Morgan fingerprint density at radius 3 is 0.552 bits per heavy atom. The third-order valence-electron chi connectivity index (χ3n) is 10.9. The fraction of sp³-hybridized carbons (Fsp3) is 0.667. The monoisotopic (exact) mass is 815 g/mol. The highest BCUT2D eigenvalue weighted by molar-refractivity contribution is 7.43. The van der Waals surface area contributed by atoms with Crippen molar-refractivity contribution in [3.05, 3.63) is 86.5 Å². The molecule has 0 unspecified atom stereocenters. The minimum absolute atomic E-state index is 0.0571. The quantitative estimate of drug-likeness (QED) is 0.232. The molecular formula is C54H87O3P. The molecule has 0 N–H and O–H groups in total. The average molecular weight is 815 g/mol. The van der Waals surface area contributed by atoms with Gasteiger partial charge in [-0.1, -0.05) is 205 Å². The lowest BCUT2D eigenvalue weighted by molar-refractivity contribution is 0.366. The van der Waals surface area contributed by atoms with Gasteiger partial charge >= 0.3 is 8.60 Å². The third kappa shape index (κ3) is 11.2. The van der Waals surface area contributed by atoms with Gasteiger partial charge in [0.05, 0.1) is 0 Å². The minimum atomic E-state index is -2.04. The molecule has 0 aliphatic carbocycles. The summed E-state index contributed by atoms with van der Waals surface area (Å²) in [5.41, 5.74) is 10.4. The van der Waals surface area contributed by atoms with Crippen LogP contribution in [0.2, 0.25) is 0 Å². The number of hydrogen-bond acceptors (Lipinski definition) is 3. The van der Waals surface area contributed by atoms with Crippen molar-refractivity contribution in [2.75, 3.05) is 0 Å². The van der Waals surface area contributed by atoms with Crippen LogP contribution in [0.5, 0.6) is 17.2 Å². The molecule has 326 valence electrons. The summed E-state index contributed by atoms with van der Waals surface area (Å²) >= 11 is 0. The topological polar surface area (TPSA) is 27.7 Å².